The Hall–Kier alpha value is -3.85. The van der Waals surface area contributed by atoms with Crippen LogP contribution in [0.2, 0.25) is 0 Å². The first-order chi connectivity index (χ1) is 15.2. The molecule has 0 atom stereocenters. The summed E-state index contributed by atoms with van der Waals surface area (Å²) in [4.78, 5) is 13.5. The Bertz CT molecular complexity index is 1160. The number of hydrogen-bond donors (Lipinski definition) is 1. The summed E-state index contributed by atoms with van der Waals surface area (Å²) in [6, 6.07) is 16.3. The van der Waals surface area contributed by atoms with Crippen LogP contribution in [-0.2, 0) is 6.61 Å². The first-order valence-corrected chi connectivity index (χ1v) is 10.2. The Morgan fingerprint density at radius 2 is 1.84 bits per heavy atom. The zero-order chi connectivity index (χ0) is 21.6. The van der Waals surface area contributed by atoms with Crippen molar-refractivity contribution in [2.24, 2.45) is 0 Å². The van der Waals surface area contributed by atoms with Crippen molar-refractivity contribution >= 4 is 23.3 Å². The van der Waals surface area contributed by atoms with Crippen molar-refractivity contribution in [1.82, 2.24) is 10.2 Å². The number of carbonyl (C=O) groups is 1. The zero-order valence-electron chi connectivity index (χ0n) is 16.8. The van der Waals surface area contributed by atoms with Gasteiger partial charge in [0.1, 0.15) is 23.9 Å². The smallest absolute Gasteiger partial charge is 0.322 e. The van der Waals surface area contributed by atoms with Crippen LogP contribution in [0, 0.1) is 0 Å². The molecule has 4 aromatic rings. The van der Waals surface area contributed by atoms with E-state index in [9.17, 15) is 4.79 Å². The minimum absolute atomic E-state index is 0.00952. The van der Waals surface area contributed by atoms with Gasteiger partial charge in [-0.05, 0) is 41.3 Å². The third-order valence-corrected chi connectivity index (χ3v) is 5.22. The molecule has 0 bridgehead atoms. The number of amides is 1. The molecule has 0 spiro atoms. The van der Waals surface area contributed by atoms with E-state index in [1.807, 2.05) is 41.8 Å². The van der Waals surface area contributed by atoms with Crippen molar-refractivity contribution in [1.29, 1.82) is 0 Å². The monoisotopic (exact) mass is 437 g/mol. The molecule has 0 aliphatic carbocycles. The van der Waals surface area contributed by atoms with Gasteiger partial charge < -0.3 is 18.6 Å². The third-order valence-electron chi connectivity index (χ3n) is 4.36. The lowest BCUT2D eigenvalue weighted by atomic mass is 10.1. The van der Waals surface area contributed by atoms with Crippen molar-refractivity contribution < 1.29 is 23.4 Å². The van der Waals surface area contributed by atoms with Crippen molar-refractivity contribution in [2.75, 3.05) is 19.5 Å². The molecule has 2 heterocycles. The number of ether oxygens (including phenoxy) is 3. The fraction of sp³-hybridized carbons (Fsp3) is 0.136. The summed E-state index contributed by atoms with van der Waals surface area (Å²) < 4.78 is 21.8. The molecule has 2 aromatic carbocycles. The Kier molecular flexibility index (Phi) is 6.13. The molecule has 1 N–H and O–H groups in total. The summed E-state index contributed by atoms with van der Waals surface area (Å²) in [5.41, 5.74) is 1.30. The number of rotatable bonds is 8. The molecule has 0 aliphatic rings. The van der Waals surface area contributed by atoms with Gasteiger partial charge in [0.05, 0.1) is 24.7 Å². The number of aromatic nitrogens is 2. The molecule has 0 saturated heterocycles. The van der Waals surface area contributed by atoms with Crippen LogP contribution in [0.25, 0.3) is 10.8 Å². The molecule has 0 fully saturated rings. The second-order valence-electron chi connectivity index (χ2n) is 6.34. The molecule has 0 unspecified atom stereocenters. The first-order valence-electron chi connectivity index (χ1n) is 9.29. The van der Waals surface area contributed by atoms with E-state index in [4.69, 9.17) is 18.6 Å². The van der Waals surface area contributed by atoms with Crippen LogP contribution >= 0.6 is 11.3 Å². The fourth-order valence-electron chi connectivity index (χ4n) is 2.78. The molecular weight excluding hydrogens is 418 g/mol. The summed E-state index contributed by atoms with van der Waals surface area (Å²) >= 11 is 1.47. The van der Waals surface area contributed by atoms with Gasteiger partial charge in [0.25, 0.3) is 11.8 Å². The highest BCUT2D eigenvalue weighted by molar-refractivity contribution is 7.13. The average Bonchev–Trinajstić information content (AvgIpc) is 3.50. The number of benzene rings is 2. The predicted molar refractivity (Wildman–Crippen MR) is 116 cm³/mol. The second kappa shape index (κ2) is 9.31. The molecule has 31 heavy (non-hydrogen) atoms. The lowest BCUT2D eigenvalue weighted by Gasteiger charge is -2.11. The summed E-state index contributed by atoms with van der Waals surface area (Å²) in [5.74, 6) is 1.63. The summed E-state index contributed by atoms with van der Waals surface area (Å²) in [7, 11) is 3.11. The minimum atomic E-state index is -0.431. The molecule has 0 saturated carbocycles. The van der Waals surface area contributed by atoms with Gasteiger partial charge in [-0.15, -0.1) is 16.4 Å². The van der Waals surface area contributed by atoms with Gasteiger partial charge in [0.15, 0.2) is 0 Å². The summed E-state index contributed by atoms with van der Waals surface area (Å²) in [6.07, 6.45) is 0. The first kappa shape index (κ1) is 20.4. The average molecular weight is 437 g/mol. The Labute approximate surface area is 182 Å². The maximum Gasteiger partial charge on any atom is 0.322 e. The van der Waals surface area contributed by atoms with Crippen molar-refractivity contribution in [3.05, 3.63) is 71.1 Å². The SMILES string of the molecule is COc1ccc(COc2ccc(C(=O)Nc3nnc(-c4cccs4)o3)c(OC)c2)cc1. The zero-order valence-corrected chi connectivity index (χ0v) is 17.6. The van der Waals surface area contributed by atoms with E-state index in [1.165, 1.54) is 18.4 Å². The minimum Gasteiger partial charge on any atom is -0.497 e. The normalized spacial score (nSPS) is 10.5. The van der Waals surface area contributed by atoms with Crippen molar-refractivity contribution in [2.45, 2.75) is 6.61 Å². The highest BCUT2D eigenvalue weighted by atomic mass is 32.1. The largest absolute Gasteiger partial charge is 0.497 e. The number of methoxy groups -OCH3 is 2. The number of carbonyl (C=O) groups excluding carboxylic acids is 1. The van der Waals surface area contributed by atoms with Gasteiger partial charge in [-0.3, -0.25) is 10.1 Å². The van der Waals surface area contributed by atoms with Gasteiger partial charge in [0.2, 0.25) is 0 Å². The highest BCUT2D eigenvalue weighted by Crippen LogP contribution is 2.28. The van der Waals surface area contributed by atoms with Gasteiger partial charge in [0, 0.05) is 6.07 Å². The summed E-state index contributed by atoms with van der Waals surface area (Å²) in [6.45, 7) is 0.367. The summed E-state index contributed by atoms with van der Waals surface area (Å²) in [5, 5.41) is 12.3. The van der Waals surface area contributed by atoms with E-state index in [0.717, 1.165) is 16.2 Å². The molecule has 158 valence electrons. The van der Waals surface area contributed by atoms with Crippen LogP contribution in [-0.4, -0.2) is 30.3 Å². The van der Waals surface area contributed by atoms with E-state index in [0.29, 0.717) is 29.6 Å². The maximum atomic E-state index is 12.7. The number of nitrogens with zero attached hydrogens (tertiary/aromatic N) is 2. The van der Waals surface area contributed by atoms with Crippen molar-refractivity contribution in [3.63, 3.8) is 0 Å². The topological polar surface area (TPSA) is 95.7 Å². The molecule has 9 heteroatoms. The van der Waals surface area contributed by atoms with Gasteiger partial charge in [-0.25, -0.2) is 0 Å². The molecule has 8 nitrogen and oxygen atoms in total. The molecule has 0 aliphatic heterocycles. The van der Waals surface area contributed by atoms with Crippen molar-refractivity contribution in [3.8, 4) is 28.0 Å². The number of anilines is 1. The van der Waals surface area contributed by atoms with E-state index in [2.05, 4.69) is 15.5 Å². The van der Waals surface area contributed by atoms with Crippen LogP contribution in [0.1, 0.15) is 15.9 Å². The van der Waals surface area contributed by atoms with Crippen LogP contribution < -0.4 is 19.5 Å². The number of nitrogens with one attached hydrogen (secondary N) is 1. The lowest BCUT2D eigenvalue weighted by Crippen LogP contribution is -2.13. The molecular formula is C22H19N3O5S. The number of hydrogen-bond acceptors (Lipinski definition) is 8. The quantitative estimate of drug-likeness (QED) is 0.429. The van der Waals surface area contributed by atoms with E-state index < -0.39 is 5.91 Å². The van der Waals surface area contributed by atoms with Crippen LogP contribution in [0.3, 0.4) is 0 Å². The highest BCUT2D eigenvalue weighted by Gasteiger charge is 2.17. The fourth-order valence-corrected chi connectivity index (χ4v) is 3.42. The van der Waals surface area contributed by atoms with Crippen LogP contribution in [0.5, 0.6) is 17.2 Å². The lowest BCUT2D eigenvalue weighted by molar-refractivity contribution is 0.102. The predicted octanol–water partition coefficient (Wildman–Crippen LogP) is 4.65. The second-order valence-corrected chi connectivity index (χ2v) is 7.29. The Morgan fingerprint density at radius 3 is 2.55 bits per heavy atom. The Balaban J connectivity index is 1.42. The number of thiophene rings is 1. The third kappa shape index (κ3) is 4.84. The van der Waals surface area contributed by atoms with Gasteiger partial charge in [-0.2, -0.15) is 0 Å². The van der Waals surface area contributed by atoms with Crippen LogP contribution in [0.15, 0.2) is 64.4 Å². The van der Waals surface area contributed by atoms with E-state index in [-0.39, 0.29) is 6.01 Å². The van der Waals surface area contributed by atoms with E-state index >= 15 is 0 Å². The van der Waals surface area contributed by atoms with Gasteiger partial charge in [-0.1, -0.05) is 23.3 Å². The van der Waals surface area contributed by atoms with E-state index in [1.54, 1.807) is 25.3 Å². The maximum absolute atomic E-state index is 12.7. The van der Waals surface area contributed by atoms with Gasteiger partial charge >= 0.3 is 6.01 Å². The Morgan fingerprint density at radius 1 is 1.03 bits per heavy atom. The molecule has 1 amide bonds. The molecule has 2 aromatic heterocycles. The molecule has 4 rings (SSSR count). The molecule has 0 radical (unpaired) electrons. The standard InChI is InChI=1S/C22H19N3O5S/c1-27-15-7-5-14(6-8-15)13-29-16-9-10-17(18(12-16)28-2)20(26)23-22-25-24-21(30-22)19-4-3-11-31-19/h3-12H,13H2,1-2H3,(H,23,25,26). The van der Waals surface area contributed by atoms with Crippen LogP contribution in [0.4, 0.5) is 6.01 Å².